The second-order valence-electron chi connectivity index (χ2n) is 9.14. The van der Waals surface area contributed by atoms with Crippen molar-refractivity contribution < 1.29 is 22.4 Å². The number of carbonyl (C=O) groups is 2. The zero-order valence-electron chi connectivity index (χ0n) is 22.1. The summed E-state index contributed by atoms with van der Waals surface area (Å²) >= 11 is 18.7. The van der Waals surface area contributed by atoms with Crippen LogP contribution in [-0.4, -0.2) is 43.8 Å². The van der Waals surface area contributed by atoms with Crippen molar-refractivity contribution in [2.75, 3.05) is 10.8 Å². The highest BCUT2D eigenvalue weighted by atomic mass is 35.5. The highest BCUT2D eigenvalue weighted by Gasteiger charge is 2.33. The summed E-state index contributed by atoms with van der Waals surface area (Å²) in [4.78, 5) is 28.2. The van der Waals surface area contributed by atoms with Crippen molar-refractivity contribution in [2.45, 2.75) is 50.7 Å². The zero-order valence-corrected chi connectivity index (χ0v) is 25.2. The van der Waals surface area contributed by atoms with Crippen LogP contribution in [0.25, 0.3) is 0 Å². The Kier molecular flexibility index (Phi) is 10.8. The molecule has 0 saturated carbocycles. The van der Waals surface area contributed by atoms with Crippen molar-refractivity contribution in [3.63, 3.8) is 0 Å². The summed E-state index contributed by atoms with van der Waals surface area (Å²) in [7, 11) is -4.32. The van der Waals surface area contributed by atoms with Crippen LogP contribution in [-0.2, 0) is 26.2 Å². The van der Waals surface area contributed by atoms with Crippen LogP contribution in [0, 0.1) is 5.82 Å². The quantitative estimate of drug-likeness (QED) is 0.270. The van der Waals surface area contributed by atoms with E-state index in [4.69, 9.17) is 34.8 Å². The molecule has 2 amide bonds. The third-order valence-electron chi connectivity index (χ3n) is 6.36. The van der Waals surface area contributed by atoms with E-state index in [1.165, 1.54) is 42.2 Å². The minimum Gasteiger partial charge on any atom is -0.352 e. The van der Waals surface area contributed by atoms with Crippen molar-refractivity contribution in [2.24, 2.45) is 0 Å². The van der Waals surface area contributed by atoms with Crippen LogP contribution in [0.3, 0.4) is 0 Å². The number of hydrogen-bond acceptors (Lipinski definition) is 4. The minimum absolute atomic E-state index is 0.0314. The Hall–Kier alpha value is -2.85. The van der Waals surface area contributed by atoms with Crippen LogP contribution in [0.2, 0.25) is 15.1 Å². The van der Waals surface area contributed by atoms with Gasteiger partial charge in [0.2, 0.25) is 11.8 Å². The highest BCUT2D eigenvalue weighted by molar-refractivity contribution is 7.92. The second-order valence-corrected chi connectivity index (χ2v) is 12.2. The van der Waals surface area contributed by atoms with E-state index < -0.39 is 40.2 Å². The molecule has 0 saturated heterocycles. The van der Waals surface area contributed by atoms with E-state index in [2.05, 4.69) is 5.32 Å². The Morgan fingerprint density at radius 2 is 1.55 bits per heavy atom. The molecule has 0 aliphatic heterocycles. The lowest BCUT2D eigenvalue weighted by atomic mass is 10.1. The number of carbonyl (C=O) groups excluding carboxylic acids is 2. The molecule has 12 heteroatoms. The van der Waals surface area contributed by atoms with Gasteiger partial charge in [0.25, 0.3) is 10.0 Å². The van der Waals surface area contributed by atoms with Gasteiger partial charge in [0, 0.05) is 28.2 Å². The Balaban J connectivity index is 2.08. The first-order chi connectivity index (χ1) is 18.9. The fourth-order valence-corrected chi connectivity index (χ4v) is 5.91. The van der Waals surface area contributed by atoms with Gasteiger partial charge in [-0.2, -0.15) is 0 Å². The molecule has 0 fully saturated rings. The molecule has 0 unspecified atom stereocenters. The van der Waals surface area contributed by atoms with Gasteiger partial charge >= 0.3 is 0 Å². The van der Waals surface area contributed by atoms with E-state index in [1.807, 2.05) is 13.8 Å². The summed E-state index contributed by atoms with van der Waals surface area (Å²) in [5.74, 6) is -1.91. The van der Waals surface area contributed by atoms with E-state index in [9.17, 15) is 22.4 Å². The molecule has 3 rings (SSSR count). The molecule has 7 nitrogen and oxygen atoms in total. The number of rotatable bonds is 11. The summed E-state index contributed by atoms with van der Waals surface area (Å²) in [6.07, 6.45) is 0.664. The zero-order chi connectivity index (χ0) is 29.6. The maximum atomic E-state index is 14.0. The third-order valence-corrected chi connectivity index (χ3v) is 9.15. The number of nitrogens with zero attached hydrogens (tertiary/aromatic N) is 2. The lowest BCUT2D eigenvalue weighted by molar-refractivity contribution is -0.139. The van der Waals surface area contributed by atoms with E-state index in [0.717, 1.165) is 16.4 Å². The summed E-state index contributed by atoms with van der Waals surface area (Å²) in [5, 5.41) is 3.08. The second kappa shape index (κ2) is 13.7. The maximum Gasteiger partial charge on any atom is 0.264 e. The molecule has 0 aliphatic carbocycles. The molecule has 0 aliphatic rings. The molecule has 0 radical (unpaired) electrons. The van der Waals surface area contributed by atoms with Crippen LogP contribution in [0.1, 0.15) is 32.8 Å². The Bertz CT molecular complexity index is 1450. The predicted molar refractivity (Wildman–Crippen MR) is 157 cm³/mol. The average Bonchev–Trinajstić information content (AvgIpc) is 2.93. The molecule has 0 bridgehead atoms. The third kappa shape index (κ3) is 7.46. The number of benzene rings is 3. The van der Waals surface area contributed by atoms with Gasteiger partial charge in [0.05, 0.1) is 15.6 Å². The van der Waals surface area contributed by atoms with E-state index in [0.29, 0.717) is 12.0 Å². The van der Waals surface area contributed by atoms with Crippen molar-refractivity contribution in [1.29, 1.82) is 0 Å². The molecule has 0 aromatic heterocycles. The molecule has 40 heavy (non-hydrogen) atoms. The van der Waals surface area contributed by atoms with Gasteiger partial charge in [-0.3, -0.25) is 13.9 Å². The first-order valence-corrected chi connectivity index (χ1v) is 15.0. The van der Waals surface area contributed by atoms with Crippen molar-refractivity contribution in [3.8, 4) is 0 Å². The fourth-order valence-electron chi connectivity index (χ4n) is 3.79. The van der Waals surface area contributed by atoms with Gasteiger partial charge in [-0.15, -0.1) is 0 Å². The van der Waals surface area contributed by atoms with Crippen LogP contribution in [0.4, 0.5) is 10.1 Å². The van der Waals surface area contributed by atoms with Gasteiger partial charge in [0.15, 0.2) is 0 Å². The van der Waals surface area contributed by atoms with Gasteiger partial charge in [-0.1, -0.05) is 66.0 Å². The van der Waals surface area contributed by atoms with E-state index >= 15 is 0 Å². The lowest BCUT2D eigenvalue weighted by Crippen LogP contribution is -2.52. The molecule has 214 valence electrons. The van der Waals surface area contributed by atoms with Crippen molar-refractivity contribution in [3.05, 3.63) is 93.2 Å². The highest BCUT2D eigenvalue weighted by Crippen LogP contribution is 2.30. The summed E-state index contributed by atoms with van der Waals surface area (Å²) in [5.41, 5.74) is 0.362. The summed E-state index contributed by atoms with van der Waals surface area (Å²) < 4.78 is 42.3. The number of halogens is 4. The monoisotopic (exact) mass is 627 g/mol. The van der Waals surface area contributed by atoms with Gasteiger partial charge < -0.3 is 10.2 Å². The molecular formula is C28H29Cl3FN3O4S. The fraction of sp³-hybridized carbons (Fsp3) is 0.286. The number of anilines is 1. The Morgan fingerprint density at radius 1 is 0.925 bits per heavy atom. The summed E-state index contributed by atoms with van der Waals surface area (Å²) in [6, 6.07) is 14.5. The molecule has 0 spiro atoms. The molecule has 1 N–H and O–H groups in total. The van der Waals surface area contributed by atoms with Crippen LogP contribution < -0.4 is 9.62 Å². The average molecular weight is 629 g/mol. The van der Waals surface area contributed by atoms with Crippen molar-refractivity contribution in [1.82, 2.24) is 10.2 Å². The largest absolute Gasteiger partial charge is 0.352 e. The molecule has 3 aromatic carbocycles. The van der Waals surface area contributed by atoms with Crippen LogP contribution >= 0.6 is 34.8 Å². The Morgan fingerprint density at radius 3 is 2.12 bits per heavy atom. The van der Waals surface area contributed by atoms with Crippen LogP contribution in [0.15, 0.2) is 71.6 Å². The number of nitrogens with one attached hydrogen (secondary N) is 1. The van der Waals surface area contributed by atoms with Crippen LogP contribution in [0.5, 0.6) is 0 Å². The standard InChI is InChI=1S/C28H29Cl3FN3O4S/c1-4-18(2)33-28(37)19(3)34(16-22-23(29)11-8-12-24(22)30)27(36)17-35(20-13-14-26(32)25(31)15-20)40(38,39)21-9-6-5-7-10-21/h5-15,18-19H,4,16-17H2,1-3H3,(H,33,37)/t18-,19-/m0/s1. The van der Waals surface area contributed by atoms with Gasteiger partial charge in [0.1, 0.15) is 18.4 Å². The molecular weight excluding hydrogens is 600 g/mol. The molecule has 3 aromatic rings. The van der Waals surface area contributed by atoms with E-state index in [-0.39, 0.29) is 38.2 Å². The first kappa shape index (κ1) is 31.7. The van der Waals surface area contributed by atoms with Crippen molar-refractivity contribution >= 4 is 62.3 Å². The number of sulfonamides is 1. The predicted octanol–water partition coefficient (Wildman–Crippen LogP) is 6.31. The van der Waals surface area contributed by atoms with Gasteiger partial charge in [-0.25, -0.2) is 12.8 Å². The number of amides is 2. The van der Waals surface area contributed by atoms with E-state index in [1.54, 1.807) is 24.3 Å². The summed E-state index contributed by atoms with van der Waals surface area (Å²) in [6.45, 7) is 4.37. The molecule has 2 atom stereocenters. The lowest BCUT2D eigenvalue weighted by Gasteiger charge is -2.33. The smallest absolute Gasteiger partial charge is 0.264 e. The topological polar surface area (TPSA) is 86.8 Å². The maximum absolute atomic E-state index is 14.0. The first-order valence-electron chi connectivity index (χ1n) is 12.4. The SMILES string of the molecule is CC[C@H](C)NC(=O)[C@H](C)N(Cc1c(Cl)cccc1Cl)C(=O)CN(c1ccc(F)c(Cl)c1)S(=O)(=O)c1ccccc1. The number of hydrogen-bond donors (Lipinski definition) is 1. The Labute approximate surface area is 248 Å². The normalized spacial score (nSPS) is 12.9. The van der Waals surface area contributed by atoms with Gasteiger partial charge in [-0.05, 0) is 62.7 Å². The minimum atomic E-state index is -4.32. The molecule has 0 heterocycles.